The van der Waals surface area contributed by atoms with Crippen molar-refractivity contribution in [3.05, 3.63) is 54.4 Å². The van der Waals surface area contributed by atoms with Crippen LogP contribution in [-0.2, 0) is 11.3 Å². The molecule has 0 bridgehead atoms. The zero-order valence-corrected chi connectivity index (χ0v) is 15.8. The molecule has 28 heavy (non-hydrogen) atoms. The fraction of sp³-hybridized carbons (Fsp3) is 0.250. The topological polar surface area (TPSA) is 95.7 Å². The van der Waals surface area contributed by atoms with Crippen molar-refractivity contribution in [2.24, 2.45) is 0 Å². The van der Waals surface area contributed by atoms with Crippen molar-refractivity contribution in [1.82, 2.24) is 15.5 Å². The molecule has 3 rings (SSSR count). The molecule has 0 saturated carbocycles. The summed E-state index contributed by atoms with van der Waals surface area (Å²) in [7, 11) is 3.14. The van der Waals surface area contributed by atoms with Gasteiger partial charge >= 0.3 is 0 Å². The number of hydrogen-bond acceptors (Lipinski definition) is 7. The number of rotatable bonds is 8. The summed E-state index contributed by atoms with van der Waals surface area (Å²) in [5.41, 5.74) is 0.787. The summed E-state index contributed by atoms with van der Waals surface area (Å²) in [6.07, 6.45) is -0.722. The van der Waals surface area contributed by atoms with Gasteiger partial charge in [0.1, 0.15) is 5.75 Å². The van der Waals surface area contributed by atoms with Gasteiger partial charge in [0.05, 0.1) is 20.8 Å². The van der Waals surface area contributed by atoms with Crippen LogP contribution in [0.1, 0.15) is 12.8 Å². The summed E-state index contributed by atoms with van der Waals surface area (Å²) in [5.74, 6) is 2.21. The smallest absolute Gasteiger partial charge is 0.261 e. The molecule has 8 nitrogen and oxygen atoms in total. The van der Waals surface area contributed by atoms with Gasteiger partial charge in [-0.05, 0) is 43.3 Å². The molecule has 1 heterocycles. The average Bonchev–Trinajstić information content (AvgIpc) is 3.21. The first-order valence-corrected chi connectivity index (χ1v) is 8.65. The second kappa shape index (κ2) is 8.90. The van der Waals surface area contributed by atoms with Crippen molar-refractivity contribution >= 4 is 5.91 Å². The van der Waals surface area contributed by atoms with E-state index >= 15 is 0 Å². The molecule has 0 aliphatic rings. The van der Waals surface area contributed by atoms with Crippen molar-refractivity contribution in [3.8, 4) is 28.6 Å². The zero-order valence-electron chi connectivity index (χ0n) is 15.8. The first kappa shape index (κ1) is 19.2. The largest absolute Gasteiger partial charge is 0.497 e. The lowest BCUT2D eigenvalue weighted by Gasteiger charge is -2.16. The SMILES string of the molecule is COc1ccc(-c2noc(CNC(=O)[C@@H](C)Oc3ccccc3OC)n2)cc1. The second-order valence-corrected chi connectivity index (χ2v) is 5.87. The third kappa shape index (κ3) is 4.59. The number of aromatic nitrogens is 2. The number of benzene rings is 2. The van der Waals surface area contributed by atoms with Gasteiger partial charge in [0.25, 0.3) is 5.91 Å². The Morgan fingerprint density at radius 2 is 1.79 bits per heavy atom. The molecule has 0 aliphatic heterocycles. The standard InChI is InChI=1S/C20H21N3O5/c1-13(27-17-7-5-4-6-16(17)26-3)20(24)21-12-18-22-19(23-28-18)14-8-10-15(25-2)11-9-14/h4-11,13H,12H2,1-3H3,(H,21,24)/t13-/m1/s1. The quantitative estimate of drug-likeness (QED) is 0.639. The lowest BCUT2D eigenvalue weighted by Crippen LogP contribution is -2.36. The van der Waals surface area contributed by atoms with Crippen LogP contribution in [0.25, 0.3) is 11.4 Å². The van der Waals surface area contributed by atoms with Crippen LogP contribution in [-0.4, -0.2) is 36.4 Å². The van der Waals surface area contributed by atoms with Gasteiger partial charge in [-0.25, -0.2) is 0 Å². The number of ether oxygens (including phenoxy) is 3. The fourth-order valence-electron chi connectivity index (χ4n) is 2.45. The molecular weight excluding hydrogens is 362 g/mol. The number of nitrogens with zero attached hydrogens (tertiary/aromatic N) is 2. The Kier molecular flexibility index (Phi) is 6.11. The van der Waals surface area contributed by atoms with Gasteiger partial charge in [0, 0.05) is 5.56 Å². The highest BCUT2D eigenvalue weighted by Crippen LogP contribution is 2.26. The molecule has 146 valence electrons. The van der Waals surface area contributed by atoms with Crippen molar-refractivity contribution in [2.45, 2.75) is 19.6 Å². The Morgan fingerprint density at radius 3 is 2.46 bits per heavy atom. The maximum Gasteiger partial charge on any atom is 0.261 e. The third-order valence-corrected chi connectivity index (χ3v) is 3.97. The predicted octanol–water partition coefficient (Wildman–Crippen LogP) is 2.84. The highest BCUT2D eigenvalue weighted by atomic mass is 16.5. The number of amides is 1. The van der Waals surface area contributed by atoms with E-state index in [-0.39, 0.29) is 12.5 Å². The Morgan fingerprint density at radius 1 is 1.07 bits per heavy atom. The molecule has 8 heteroatoms. The Balaban J connectivity index is 1.56. The van der Waals surface area contributed by atoms with Crippen LogP contribution < -0.4 is 19.5 Å². The van der Waals surface area contributed by atoms with Crippen molar-refractivity contribution in [2.75, 3.05) is 14.2 Å². The van der Waals surface area contributed by atoms with Gasteiger partial charge in [-0.3, -0.25) is 4.79 Å². The van der Waals surface area contributed by atoms with Crippen molar-refractivity contribution in [1.29, 1.82) is 0 Å². The Bertz CT molecular complexity index is 924. The summed E-state index contributed by atoms with van der Waals surface area (Å²) in [6, 6.07) is 14.4. The first-order valence-electron chi connectivity index (χ1n) is 8.65. The van der Waals surface area contributed by atoms with Crippen LogP contribution in [0.5, 0.6) is 17.2 Å². The number of carbonyl (C=O) groups is 1. The molecule has 0 fully saturated rings. The molecule has 0 radical (unpaired) electrons. The van der Waals surface area contributed by atoms with Crippen LogP contribution in [0.3, 0.4) is 0 Å². The summed E-state index contributed by atoms with van der Waals surface area (Å²) in [6.45, 7) is 1.75. The van der Waals surface area contributed by atoms with Gasteiger partial charge in [0.2, 0.25) is 11.7 Å². The van der Waals surface area contributed by atoms with E-state index in [0.29, 0.717) is 23.2 Å². The van der Waals surface area contributed by atoms with E-state index in [1.807, 2.05) is 36.4 Å². The molecule has 1 atom stereocenters. The monoisotopic (exact) mass is 383 g/mol. The van der Waals surface area contributed by atoms with Gasteiger partial charge < -0.3 is 24.1 Å². The zero-order chi connectivity index (χ0) is 19.9. The summed E-state index contributed by atoms with van der Waals surface area (Å²) in [4.78, 5) is 16.6. The molecule has 0 unspecified atom stereocenters. The molecule has 0 aliphatic carbocycles. The lowest BCUT2D eigenvalue weighted by atomic mass is 10.2. The van der Waals surface area contributed by atoms with Crippen LogP contribution in [0.2, 0.25) is 0 Å². The number of methoxy groups -OCH3 is 2. The molecule has 3 aromatic rings. The molecule has 1 aromatic heterocycles. The van der Waals surface area contributed by atoms with Crippen LogP contribution in [0.15, 0.2) is 53.1 Å². The van der Waals surface area contributed by atoms with Gasteiger partial charge in [-0.1, -0.05) is 17.3 Å². The number of hydrogen-bond donors (Lipinski definition) is 1. The van der Waals surface area contributed by atoms with Crippen LogP contribution >= 0.6 is 0 Å². The highest BCUT2D eigenvalue weighted by molar-refractivity contribution is 5.80. The molecule has 1 N–H and O–H groups in total. The first-order chi connectivity index (χ1) is 13.6. The number of carbonyl (C=O) groups excluding carboxylic acids is 1. The summed E-state index contributed by atoms with van der Waals surface area (Å²) < 4.78 is 21.2. The van der Waals surface area contributed by atoms with Gasteiger partial charge in [0.15, 0.2) is 17.6 Å². The van der Waals surface area contributed by atoms with Crippen molar-refractivity contribution < 1.29 is 23.5 Å². The minimum atomic E-state index is -0.722. The summed E-state index contributed by atoms with van der Waals surface area (Å²) >= 11 is 0. The highest BCUT2D eigenvalue weighted by Gasteiger charge is 2.18. The van der Waals surface area contributed by atoms with Crippen molar-refractivity contribution in [3.63, 3.8) is 0 Å². The molecule has 1 amide bonds. The third-order valence-electron chi connectivity index (χ3n) is 3.97. The maximum atomic E-state index is 12.3. The van der Waals surface area contributed by atoms with E-state index in [4.69, 9.17) is 18.7 Å². The second-order valence-electron chi connectivity index (χ2n) is 5.87. The molecule has 0 saturated heterocycles. The Hall–Kier alpha value is -3.55. The van der Waals surface area contributed by atoms with Crippen LogP contribution in [0.4, 0.5) is 0 Å². The minimum Gasteiger partial charge on any atom is -0.497 e. The van der Waals surface area contributed by atoms with E-state index in [1.165, 1.54) is 0 Å². The normalized spacial score (nSPS) is 11.5. The molecule has 0 spiro atoms. The molecule has 2 aromatic carbocycles. The van der Waals surface area contributed by atoms with Gasteiger partial charge in [-0.15, -0.1) is 0 Å². The van der Waals surface area contributed by atoms with E-state index in [9.17, 15) is 4.79 Å². The van der Waals surface area contributed by atoms with E-state index in [1.54, 1.807) is 33.3 Å². The number of nitrogens with one attached hydrogen (secondary N) is 1. The number of para-hydroxylation sites is 2. The van der Waals surface area contributed by atoms with E-state index < -0.39 is 6.10 Å². The summed E-state index contributed by atoms with van der Waals surface area (Å²) in [5, 5.41) is 6.65. The average molecular weight is 383 g/mol. The molecular formula is C20H21N3O5. The lowest BCUT2D eigenvalue weighted by molar-refractivity contribution is -0.127. The van der Waals surface area contributed by atoms with Gasteiger partial charge in [-0.2, -0.15) is 4.98 Å². The fourth-order valence-corrected chi connectivity index (χ4v) is 2.45. The Labute approximate surface area is 162 Å². The van der Waals surface area contributed by atoms with E-state index in [0.717, 1.165) is 11.3 Å². The van der Waals surface area contributed by atoms with Crippen LogP contribution in [0, 0.1) is 0 Å². The maximum absolute atomic E-state index is 12.3. The minimum absolute atomic E-state index is 0.0988. The predicted molar refractivity (Wildman–Crippen MR) is 101 cm³/mol. The van der Waals surface area contributed by atoms with E-state index in [2.05, 4.69) is 15.5 Å².